The fraction of sp³-hybridized carbons (Fsp3) is 0.600. The number of allylic oxidation sites excluding steroid dienone is 32. The Balaban J connectivity index is 3.56. The molecular weight excluding hydrogens is 1100 g/mol. The maximum Gasteiger partial charge on any atom is 0.306 e. The third kappa shape index (κ3) is 75.2. The molecule has 0 bridgehead atoms. The molecule has 0 rings (SSSR count). The number of carbonyl (C=O) groups is 2. The van der Waals surface area contributed by atoms with Gasteiger partial charge in [0.1, 0.15) is 6.61 Å². The van der Waals surface area contributed by atoms with E-state index in [1.54, 1.807) is 0 Å². The summed E-state index contributed by atoms with van der Waals surface area (Å²) >= 11 is 0. The Morgan fingerprint density at radius 2 is 0.444 bits per heavy atom. The molecule has 0 aromatic carbocycles. The quantitative estimate of drug-likeness (QED) is 0.0373. The van der Waals surface area contributed by atoms with Gasteiger partial charge in [-0.1, -0.05) is 350 Å². The van der Waals surface area contributed by atoms with Crippen molar-refractivity contribution in [2.24, 2.45) is 0 Å². The Labute approximate surface area is 556 Å². The number of unbranched alkanes of at least 4 members (excludes halogenated alkanes) is 26. The van der Waals surface area contributed by atoms with Crippen LogP contribution >= 0.6 is 0 Å². The number of ether oxygens (including phenoxy) is 2. The van der Waals surface area contributed by atoms with Crippen molar-refractivity contribution in [1.82, 2.24) is 0 Å². The van der Waals surface area contributed by atoms with E-state index in [9.17, 15) is 14.7 Å². The molecule has 0 amide bonds. The average molecular weight is 1240 g/mol. The van der Waals surface area contributed by atoms with Crippen LogP contribution in [0.15, 0.2) is 194 Å². The SMILES string of the molecule is CC/C=C\C/C=C\C/C=C\C/C=C\C/C=C\C/C=C\C/C=C\C/C=C\C/C=C\C/C=C\C/C=C\CCCCCC(=O)OC(CO)COC(=O)CCCCCCCCCCCCCCCCCCCCCCCCC/C=C\C/C=C\C/C=C\C/C=C\C/C=C\CC. The van der Waals surface area contributed by atoms with Crippen molar-refractivity contribution in [3.05, 3.63) is 194 Å². The van der Waals surface area contributed by atoms with Gasteiger partial charge in [-0.05, 0) is 141 Å². The second kappa shape index (κ2) is 78.0. The maximum atomic E-state index is 12.4. The van der Waals surface area contributed by atoms with Crippen molar-refractivity contribution in [3.8, 4) is 0 Å². The second-order valence-electron chi connectivity index (χ2n) is 23.9. The van der Waals surface area contributed by atoms with Crippen LogP contribution < -0.4 is 0 Å². The molecule has 0 saturated heterocycles. The predicted molar refractivity (Wildman–Crippen MR) is 398 cm³/mol. The van der Waals surface area contributed by atoms with Gasteiger partial charge in [-0.2, -0.15) is 0 Å². The van der Waals surface area contributed by atoms with E-state index in [0.717, 1.165) is 148 Å². The summed E-state index contributed by atoms with van der Waals surface area (Å²) in [5, 5.41) is 9.71. The van der Waals surface area contributed by atoms with E-state index in [-0.39, 0.29) is 25.2 Å². The molecular formula is C85H136O5. The zero-order chi connectivity index (χ0) is 64.7. The van der Waals surface area contributed by atoms with E-state index in [0.29, 0.717) is 12.8 Å². The molecule has 0 aliphatic heterocycles. The van der Waals surface area contributed by atoms with Gasteiger partial charge in [-0.25, -0.2) is 0 Å². The van der Waals surface area contributed by atoms with Crippen LogP contribution in [0.4, 0.5) is 0 Å². The normalized spacial score (nSPS) is 13.4. The van der Waals surface area contributed by atoms with Crippen LogP contribution in [-0.2, 0) is 19.1 Å². The van der Waals surface area contributed by atoms with Crippen molar-refractivity contribution in [3.63, 3.8) is 0 Å². The van der Waals surface area contributed by atoms with Crippen LogP contribution in [0.5, 0.6) is 0 Å². The fourth-order valence-corrected chi connectivity index (χ4v) is 9.94. The number of carbonyl (C=O) groups excluding carboxylic acids is 2. The zero-order valence-electron chi connectivity index (χ0n) is 58.1. The van der Waals surface area contributed by atoms with E-state index < -0.39 is 6.10 Å². The highest BCUT2D eigenvalue weighted by molar-refractivity contribution is 5.70. The van der Waals surface area contributed by atoms with Crippen LogP contribution in [0.1, 0.15) is 309 Å². The van der Waals surface area contributed by atoms with Crippen molar-refractivity contribution in [2.45, 2.75) is 315 Å². The van der Waals surface area contributed by atoms with Gasteiger partial charge >= 0.3 is 11.9 Å². The van der Waals surface area contributed by atoms with Crippen molar-refractivity contribution >= 4 is 11.9 Å². The molecule has 0 aliphatic rings. The maximum absolute atomic E-state index is 12.4. The first-order chi connectivity index (χ1) is 44.6. The van der Waals surface area contributed by atoms with Crippen LogP contribution in [0.2, 0.25) is 0 Å². The molecule has 0 saturated carbocycles. The number of hydrogen-bond donors (Lipinski definition) is 1. The number of rotatable bonds is 66. The largest absolute Gasteiger partial charge is 0.462 e. The number of aliphatic hydroxyl groups excluding tert-OH is 1. The first-order valence-electron chi connectivity index (χ1n) is 37.0. The van der Waals surface area contributed by atoms with Crippen molar-refractivity contribution in [1.29, 1.82) is 0 Å². The van der Waals surface area contributed by atoms with Gasteiger partial charge in [0.25, 0.3) is 0 Å². The average Bonchev–Trinajstić information content (AvgIpc) is 3.62. The minimum Gasteiger partial charge on any atom is -0.462 e. The van der Waals surface area contributed by atoms with Gasteiger partial charge in [-0.3, -0.25) is 9.59 Å². The van der Waals surface area contributed by atoms with E-state index in [2.05, 4.69) is 208 Å². The van der Waals surface area contributed by atoms with Crippen LogP contribution in [-0.4, -0.2) is 36.4 Å². The van der Waals surface area contributed by atoms with E-state index in [1.165, 1.54) is 135 Å². The summed E-state index contributed by atoms with van der Waals surface area (Å²) in [6.07, 6.45) is 123. The van der Waals surface area contributed by atoms with Gasteiger partial charge < -0.3 is 14.6 Å². The topological polar surface area (TPSA) is 72.8 Å². The summed E-state index contributed by atoms with van der Waals surface area (Å²) in [6, 6.07) is 0. The molecule has 1 unspecified atom stereocenters. The lowest BCUT2D eigenvalue weighted by atomic mass is 10.0. The lowest BCUT2D eigenvalue weighted by Gasteiger charge is -2.15. The predicted octanol–water partition coefficient (Wildman–Crippen LogP) is 26.3. The standard InChI is InChI=1S/C85H136O5/c1-3-5-7-9-11-13-15-17-19-21-23-25-27-29-31-33-35-37-39-41-42-44-45-47-49-51-53-55-57-59-61-63-65-67-69-71-73-75-77-79-84(87)89-82-83(81-86)90-85(88)80-78-76-74-72-70-68-66-64-62-60-58-56-54-52-50-48-46-43-40-38-36-34-32-30-28-26-24-22-20-18-16-14-12-10-8-6-4-2/h5-8,11-14,17-20,23-26,29-32,36,38,43,46,50,52,56,58,62,64,68,70,83,86H,3-4,9-10,15-16,21-22,27-28,33-35,37,39-42,44-45,47-49,51,53-55,57,59-61,63,65-67,69,71-82H2,1-2H3/b7-5-,8-6-,13-11-,14-12-,19-17-,20-18-,25-23-,26-24-,31-29-,32-30-,38-36-,46-43-,52-50-,58-56-,64-62-,70-68-. The fourth-order valence-electron chi connectivity index (χ4n) is 9.94. The smallest absolute Gasteiger partial charge is 0.306 e. The number of esters is 2. The lowest BCUT2D eigenvalue weighted by molar-refractivity contribution is -0.161. The third-order valence-corrected chi connectivity index (χ3v) is 15.4. The minimum absolute atomic E-state index is 0.0880. The second-order valence-corrected chi connectivity index (χ2v) is 23.9. The summed E-state index contributed by atoms with van der Waals surface area (Å²) < 4.78 is 10.7. The van der Waals surface area contributed by atoms with E-state index >= 15 is 0 Å². The molecule has 1 atom stereocenters. The first-order valence-corrected chi connectivity index (χ1v) is 37.0. The highest BCUT2D eigenvalue weighted by Gasteiger charge is 2.16. The summed E-state index contributed by atoms with van der Waals surface area (Å²) in [5.41, 5.74) is 0. The van der Waals surface area contributed by atoms with Crippen LogP contribution in [0.3, 0.4) is 0 Å². The molecule has 0 aromatic heterocycles. The van der Waals surface area contributed by atoms with Gasteiger partial charge in [0, 0.05) is 12.8 Å². The van der Waals surface area contributed by atoms with Crippen LogP contribution in [0.25, 0.3) is 0 Å². The molecule has 0 aromatic rings. The Morgan fingerprint density at radius 3 is 0.678 bits per heavy atom. The van der Waals surface area contributed by atoms with E-state index in [4.69, 9.17) is 9.47 Å². The molecule has 0 radical (unpaired) electrons. The van der Waals surface area contributed by atoms with Crippen molar-refractivity contribution < 1.29 is 24.2 Å². The number of hydrogen-bond acceptors (Lipinski definition) is 5. The number of aliphatic hydroxyl groups is 1. The molecule has 0 spiro atoms. The zero-order valence-corrected chi connectivity index (χ0v) is 58.1. The summed E-state index contributed by atoms with van der Waals surface area (Å²) in [7, 11) is 0. The summed E-state index contributed by atoms with van der Waals surface area (Å²) in [4.78, 5) is 24.7. The van der Waals surface area contributed by atoms with Crippen molar-refractivity contribution in [2.75, 3.05) is 13.2 Å². The Kier molecular flexibility index (Phi) is 73.4. The molecule has 1 N–H and O–H groups in total. The molecule has 0 fully saturated rings. The highest BCUT2D eigenvalue weighted by atomic mass is 16.6. The Morgan fingerprint density at radius 1 is 0.256 bits per heavy atom. The third-order valence-electron chi connectivity index (χ3n) is 15.4. The molecule has 0 heterocycles. The molecule has 506 valence electrons. The summed E-state index contributed by atoms with van der Waals surface area (Å²) in [5.74, 6) is -0.631. The first kappa shape index (κ1) is 84.7. The summed E-state index contributed by atoms with van der Waals surface area (Å²) in [6.45, 7) is 3.89. The van der Waals surface area contributed by atoms with E-state index in [1.807, 2.05) is 0 Å². The molecule has 5 heteroatoms. The van der Waals surface area contributed by atoms with Gasteiger partial charge in [0.2, 0.25) is 0 Å². The molecule has 0 aliphatic carbocycles. The van der Waals surface area contributed by atoms with Gasteiger partial charge in [0.05, 0.1) is 6.61 Å². The highest BCUT2D eigenvalue weighted by Crippen LogP contribution is 2.17. The molecule has 5 nitrogen and oxygen atoms in total. The molecule has 90 heavy (non-hydrogen) atoms. The van der Waals surface area contributed by atoms with Crippen LogP contribution in [0, 0.1) is 0 Å². The lowest BCUT2D eigenvalue weighted by Crippen LogP contribution is -2.28. The van der Waals surface area contributed by atoms with Gasteiger partial charge in [0.15, 0.2) is 6.10 Å². The minimum atomic E-state index is -0.804. The monoisotopic (exact) mass is 1240 g/mol. The Hall–Kier alpha value is -5.26. The van der Waals surface area contributed by atoms with Gasteiger partial charge in [-0.15, -0.1) is 0 Å². The Bertz CT molecular complexity index is 2040.